The van der Waals surface area contributed by atoms with Crippen molar-refractivity contribution in [3.8, 4) is 11.1 Å². The molecule has 0 aliphatic carbocycles. The van der Waals surface area contributed by atoms with Crippen LogP contribution in [0, 0.1) is 0 Å². The van der Waals surface area contributed by atoms with E-state index in [1.807, 2.05) is 60.8 Å². The van der Waals surface area contributed by atoms with Crippen molar-refractivity contribution >= 4 is 39.5 Å². The number of benzene rings is 3. The van der Waals surface area contributed by atoms with Gasteiger partial charge in [-0.2, -0.15) is 0 Å². The van der Waals surface area contributed by atoms with E-state index in [2.05, 4.69) is 27.3 Å². The molecule has 5 rings (SSSR count). The van der Waals surface area contributed by atoms with E-state index in [4.69, 9.17) is 9.72 Å². The minimum absolute atomic E-state index is 0.528. The first kappa shape index (κ1) is 23.4. The van der Waals surface area contributed by atoms with Gasteiger partial charge in [-0.15, -0.1) is 0 Å². The van der Waals surface area contributed by atoms with Crippen LogP contribution >= 0.6 is 0 Å². The standard InChI is InChI=1S/C26H27N5O3S/c1-30(35(32)33)23-10-8-20(9-11-23)24-7-3-5-21-17-27-26(29-25(21)24)28-22-6-2-4-19(16-22)18-31-12-14-34-15-13-31/h2-11,16-17H,12-15,18H2,1H3,(H,32,33)(H,27,28,29). The van der Waals surface area contributed by atoms with Crippen molar-refractivity contribution in [1.82, 2.24) is 14.9 Å². The highest BCUT2D eigenvalue weighted by Gasteiger charge is 2.12. The summed E-state index contributed by atoms with van der Waals surface area (Å²) in [5, 5.41) is 4.29. The maximum atomic E-state index is 11.3. The molecule has 4 aromatic rings. The third-order valence-electron chi connectivity index (χ3n) is 6.08. The van der Waals surface area contributed by atoms with Crippen molar-refractivity contribution in [2.24, 2.45) is 0 Å². The van der Waals surface area contributed by atoms with Crippen LogP contribution in [0.25, 0.3) is 22.0 Å². The summed E-state index contributed by atoms with van der Waals surface area (Å²) >= 11 is -2.07. The Hall–Kier alpha value is -3.37. The number of anilines is 3. The van der Waals surface area contributed by atoms with Crippen LogP contribution in [0.2, 0.25) is 0 Å². The maximum Gasteiger partial charge on any atom is 0.261 e. The zero-order valence-corrected chi connectivity index (χ0v) is 20.2. The lowest BCUT2D eigenvalue weighted by Crippen LogP contribution is -2.35. The molecule has 0 bridgehead atoms. The van der Waals surface area contributed by atoms with E-state index in [9.17, 15) is 8.76 Å². The van der Waals surface area contributed by atoms with Gasteiger partial charge in [-0.1, -0.05) is 42.5 Å². The van der Waals surface area contributed by atoms with Gasteiger partial charge < -0.3 is 10.1 Å². The van der Waals surface area contributed by atoms with Crippen molar-refractivity contribution in [2.45, 2.75) is 6.54 Å². The highest BCUT2D eigenvalue weighted by molar-refractivity contribution is 7.80. The van der Waals surface area contributed by atoms with Gasteiger partial charge in [-0.25, -0.2) is 14.2 Å². The Morgan fingerprint density at radius 3 is 2.63 bits per heavy atom. The quantitative estimate of drug-likeness (QED) is 0.371. The number of aromatic nitrogens is 2. The predicted molar refractivity (Wildman–Crippen MR) is 140 cm³/mol. The van der Waals surface area contributed by atoms with Crippen LogP contribution in [0.1, 0.15) is 5.56 Å². The van der Waals surface area contributed by atoms with Gasteiger partial charge in [0, 0.05) is 49.5 Å². The van der Waals surface area contributed by atoms with E-state index in [-0.39, 0.29) is 0 Å². The normalized spacial score (nSPS) is 15.1. The minimum Gasteiger partial charge on any atom is -0.379 e. The summed E-state index contributed by atoms with van der Waals surface area (Å²) in [6.45, 7) is 4.35. The van der Waals surface area contributed by atoms with E-state index in [1.165, 1.54) is 9.87 Å². The van der Waals surface area contributed by atoms with Crippen molar-refractivity contribution in [3.05, 3.63) is 78.5 Å². The van der Waals surface area contributed by atoms with Crippen molar-refractivity contribution in [2.75, 3.05) is 43.0 Å². The topological polar surface area (TPSA) is 90.8 Å². The lowest BCUT2D eigenvalue weighted by Gasteiger charge is -2.26. The lowest BCUT2D eigenvalue weighted by molar-refractivity contribution is 0.0342. The largest absolute Gasteiger partial charge is 0.379 e. The summed E-state index contributed by atoms with van der Waals surface area (Å²) in [7, 11) is 1.57. The van der Waals surface area contributed by atoms with E-state index in [0.717, 1.165) is 60.6 Å². The fourth-order valence-electron chi connectivity index (χ4n) is 4.18. The third-order valence-corrected chi connectivity index (χ3v) is 6.76. The Bertz CT molecular complexity index is 1340. The molecule has 1 aliphatic rings. The summed E-state index contributed by atoms with van der Waals surface area (Å²) < 4.78 is 27.4. The number of nitrogens with one attached hydrogen (secondary N) is 1. The summed E-state index contributed by atoms with van der Waals surface area (Å²) in [6, 6.07) is 21.8. The molecule has 1 atom stereocenters. The zero-order chi connectivity index (χ0) is 24.2. The van der Waals surface area contributed by atoms with E-state index in [1.54, 1.807) is 7.05 Å². The van der Waals surface area contributed by atoms with E-state index < -0.39 is 11.3 Å². The molecule has 3 aromatic carbocycles. The molecule has 8 nitrogen and oxygen atoms in total. The Balaban J connectivity index is 1.39. The van der Waals surface area contributed by atoms with Gasteiger partial charge in [0.1, 0.15) is 0 Å². The monoisotopic (exact) mass is 489 g/mol. The van der Waals surface area contributed by atoms with Gasteiger partial charge in [0.05, 0.1) is 24.4 Å². The Morgan fingerprint density at radius 2 is 1.86 bits per heavy atom. The third kappa shape index (κ3) is 5.49. The number of para-hydroxylation sites is 1. The van der Waals surface area contributed by atoms with E-state index >= 15 is 0 Å². The molecular weight excluding hydrogens is 462 g/mol. The lowest BCUT2D eigenvalue weighted by atomic mass is 10.0. The predicted octanol–water partition coefficient (Wildman–Crippen LogP) is 4.45. The van der Waals surface area contributed by atoms with Crippen LogP contribution in [0.15, 0.2) is 72.9 Å². The number of rotatable bonds is 7. The average molecular weight is 490 g/mol. The molecule has 2 N–H and O–H groups in total. The van der Waals surface area contributed by atoms with Gasteiger partial charge in [-0.05, 0) is 35.4 Å². The highest BCUT2D eigenvalue weighted by Crippen LogP contribution is 2.30. The fourth-order valence-corrected chi connectivity index (χ4v) is 4.49. The fraction of sp³-hybridized carbons (Fsp3) is 0.231. The first-order chi connectivity index (χ1) is 17.1. The molecule has 9 heteroatoms. The molecule has 0 saturated carbocycles. The van der Waals surface area contributed by atoms with Crippen LogP contribution in [-0.4, -0.2) is 57.0 Å². The Morgan fingerprint density at radius 1 is 1.09 bits per heavy atom. The highest BCUT2D eigenvalue weighted by atomic mass is 32.2. The van der Waals surface area contributed by atoms with Crippen LogP contribution in [0.4, 0.5) is 17.3 Å². The van der Waals surface area contributed by atoms with Gasteiger partial charge in [0.15, 0.2) is 0 Å². The van der Waals surface area contributed by atoms with Crippen LogP contribution in [0.5, 0.6) is 0 Å². The number of hydrogen-bond acceptors (Lipinski definition) is 6. The molecule has 0 amide bonds. The summed E-state index contributed by atoms with van der Waals surface area (Å²) in [4.78, 5) is 11.7. The molecular formula is C26H27N5O3S. The molecule has 0 radical (unpaired) electrons. The maximum absolute atomic E-state index is 11.3. The van der Waals surface area contributed by atoms with Gasteiger partial charge in [0.2, 0.25) is 5.95 Å². The Labute approximate surface area is 207 Å². The number of hydrogen-bond donors (Lipinski definition) is 2. The molecule has 1 aliphatic heterocycles. The second kappa shape index (κ2) is 10.5. The van der Waals surface area contributed by atoms with Crippen molar-refractivity contribution in [1.29, 1.82) is 0 Å². The minimum atomic E-state index is -2.07. The van der Waals surface area contributed by atoms with Gasteiger partial charge in [0.25, 0.3) is 11.3 Å². The van der Waals surface area contributed by atoms with Gasteiger partial charge in [-0.3, -0.25) is 13.8 Å². The average Bonchev–Trinajstić information content (AvgIpc) is 2.89. The molecule has 1 unspecified atom stereocenters. The number of nitrogens with zero attached hydrogens (tertiary/aromatic N) is 4. The summed E-state index contributed by atoms with van der Waals surface area (Å²) in [5.41, 5.74) is 5.59. The summed E-state index contributed by atoms with van der Waals surface area (Å²) in [5.74, 6) is 0.528. The summed E-state index contributed by atoms with van der Waals surface area (Å²) in [6.07, 6.45) is 1.82. The number of fused-ring (bicyclic) bond motifs is 1. The molecule has 180 valence electrons. The second-order valence-corrected chi connectivity index (χ2v) is 9.44. The van der Waals surface area contributed by atoms with E-state index in [0.29, 0.717) is 11.6 Å². The van der Waals surface area contributed by atoms with Crippen molar-refractivity contribution < 1.29 is 13.5 Å². The zero-order valence-electron chi connectivity index (χ0n) is 19.4. The molecule has 2 heterocycles. The van der Waals surface area contributed by atoms with Gasteiger partial charge >= 0.3 is 0 Å². The van der Waals surface area contributed by atoms with Crippen LogP contribution in [0.3, 0.4) is 0 Å². The first-order valence-electron chi connectivity index (χ1n) is 11.4. The molecule has 1 saturated heterocycles. The first-order valence-corrected chi connectivity index (χ1v) is 12.5. The Kier molecular flexibility index (Phi) is 7.01. The number of morpholine rings is 1. The smallest absolute Gasteiger partial charge is 0.261 e. The van der Waals surface area contributed by atoms with Crippen molar-refractivity contribution in [3.63, 3.8) is 0 Å². The SMILES string of the molecule is CN(c1ccc(-c2cccc3cnc(Nc4cccc(CN5CCOCC5)c4)nc23)cc1)S(=O)O. The molecule has 1 aromatic heterocycles. The molecule has 35 heavy (non-hydrogen) atoms. The number of ether oxygens (including phenoxy) is 1. The van der Waals surface area contributed by atoms with Crippen LogP contribution in [-0.2, 0) is 22.5 Å². The second-order valence-electron chi connectivity index (χ2n) is 8.43. The molecule has 0 spiro atoms. The molecule has 1 fully saturated rings. The van der Waals surface area contributed by atoms with Crippen LogP contribution < -0.4 is 9.62 Å².